The molecule has 1 fully saturated rings. The summed E-state index contributed by atoms with van der Waals surface area (Å²) in [6.07, 6.45) is 5.80. The van der Waals surface area contributed by atoms with Crippen LogP contribution in [0.25, 0.3) is 6.08 Å². The van der Waals surface area contributed by atoms with E-state index in [2.05, 4.69) is 14.7 Å². The van der Waals surface area contributed by atoms with E-state index in [4.69, 9.17) is 5.21 Å². The van der Waals surface area contributed by atoms with Crippen LogP contribution in [0.1, 0.15) is 18.4 Å². The molecule has 10 heteroatoms. The van der Waals surface area contributed by atoms with E-state index in [9.17, 15) is 13.2 Å². The molecule has 0 unspecified atom stereocenters. The fraction of sp³-hybridized carbons (Fsp3) is 0.333. The number of hydrogen-bond donors (Lipinski definition) is 3. The second kappa shape index (κ2) is 8.55. The first-order valence-corrected chi connectivity index (χ1v) is 10.4. The Labute approximate surface area is 163 Å². The zero-order chi connectivity index (χ0) is 20.1. The first-order valence-electron chi connectivity index (χ1n) is 8.87. The van der Waals surface area contributed by atoms with Crippen molar-refractivity contribution in [2.24, 2.45) is 7.05 Å². The van der Waals surface area contributed by atoms with Gasteiger partial charge in [0, 0.05) is 44.1 Å². The lowest BCUT2D eigenvalue weighted by molar-refractivity contribution is -0.124. The Morgan fingerprint density at radius 1 is 1.25 bits per heavy atom. The number of sulfonamides is 1. The van der Waals surface area contributed by atoms with Crippen LogP contribution in [0.15, 0.2) is 47.6 Å². The molecule has 1 amide bonds. The number of rotatable bonds is 6. The van der Waals surface area contributed by atoms with Crippen LogP contribution in [0.2, 0.25) is 0 Å². The largest absolute Gasteiger partial charge is 0.371 e. The molecule has 0 aliphatic carbocycles. The summed E-state index contributed by atoms with van der Waals surface area (Å²) >= 11 is 0. The fourth-order valence-electron chi connectivity index (χ4n) is 3.17. The highest BCUT2D eigenvalue weighted by Crippen LogP contribution is 2.25. The van der Waals surface area contributed by atoms with Gasteiger partial charge in [-0.2, -0.15) is 5.10 Å². The van der Waals surface area contributed by atoms with Crippen LogP contribution in [-0.2, 0) is 21.9 Å². The van der Waals surface area contributed by atoms with Crippen LogP contribution in [0.5, 0.6) is 0 Å². The fourth-order valence-corrected chi connectivity index (χ4v) is 4.45. The Bertz CT molecular complexity index is 962. The molecule has 1 saturated heterocycles. The number of carbonyl (C=O) groups is 1. The van der Waals surface area contributed by atoms with Crippen molar-refractivity contribution < 1.29 is 18.4 Å². The van der Waals surface area contributed by atoms with E-state index in [-0.39, 0.29) is 11.1 Å². The number of amides is 1. The number of carbonyl (C=O) groups excluding carboxylic acids is 1. The molecule has 3 N–H and O–H groups in total. The van der Waals surface area contributed by atoms with Crippen molar-refractivity contribution in [3.05, 3.63) is 48.2 Å². The average molecular weight is 405 g/mol. The van der Waals surface area contributed by atoms with Gasteiger partial charge in [-0.25, -0.2) is 18.6 Å². The van der Waals surface area contributed by atoms with Crippen molar-refractivity contribution in [3.63, 3.8) is 0 Å². The highest BCUT2D eigenvalue weighted by Gasteiger charge is 2.26. The molecule has 1 aromatic heterocycles. The molecule has 0 bridgehead atoms. The predicted octanol–water partition coefficient (Wildman–Crippen LogP) is 0.886. The Morgan fingerprint density at radius 3 is 2.61 bits per heavy atom. The number of aromatic nitrogens is 2. The molecule has 0 saturated carbocycles. The molecular formula is C18H23N5O4S. The predicted molar refractivity (Wildman–Crippen MR) is 104 cm³/mol. The standard InChI is InChI=1S/C18H23N5O4S/c1-22-11-10-18(19-22)28(26,27)21-15-8-12-23(13-9-15)16-5-3-2-4-14(16)6-7-17(24)20-25/h2-7,10-11,15,21,25H,8-9,12-13H2,1H3,(H,20,24)/b7-6+. The van der Waals surface area contributed by atoms with Crippen LogP contribution < -0.4 is 15.1 Å². The summed E-state index contributed by atoms with van der Waals surface area (Å²) in [5, 5.41) is 12.6. The third kappa shape index (κ3) is 4.77. The highest BCUT2D eigenvalue weighted by atomic mass is 32.2. The van der Waals surface area contributed by atoms with Crippen LogP contribution in [-0.4, -0.2) is 48.4 Å². The van der Waals surface area contributed by atoms with Gasteiger partial charge in [0.1, 0.15) is 0 Å². The van der Waals surface area contributed by atoms with Gasteiger partial charge in [-0.05, 0) is 36.6 Å². The minimum Gasteiger partial charge on any atom is -0.371 e. The highest BCUT2D eigenvalue weighted by molar-refractivity contribution is 7.89. The molecule has 9 nitrogen and oxygen atoms in total. The summed E-state index contributed by atoms with van der Waals surface area (Å²) in [7, 11) is -1.96. The summed E-state index contributed by atoms with van der Waals surface area (Å²) in [4.78, 5) is 13.4. The smallest absolute Gasteiger partial charge is 0.267 e. The van der Waals surface area contributed by atoms with Gasteiger partial charge in [0.15, 0.2) is 5.03 Å². The normalized spacial score (nSPS) is 15.9. The van der Waals surface area contributed by atoms with Crippen molar-refractivity contribution in [1.82, 2.24) is 20.0 Å². The molecule has 0 spiro atoms. The summed E-state index contributed by atoms with van der Waals surface area (Å²) in [6, 6.07) is 8.93. The Kier molecular flexibility index (Phi) is 6.12. The third-order valence-electron chi connectivity index (χ3n) is 4.58. The lowest BCUT2D eigenvalue weighted by Gasteiger charge is -2.34. The summed E-state index contributed by atoms with van der Waals surface area (Å²) < 4.78 is 29.0. The number of nitrogens with zero attached hydrogens (tertiary/aromatic N) is 3. The van der Waals surface area contributed by atoms with Crippen molar-refractivity contribution >= 4 is 27.7 Å². The average Bonchev–Trinajstić information content (AvgIpc) is 3.14. The van der Waals surface area contributed by atoms with Gasteiger partial charge in [-0.1, -0.05) is 18.2 Å². The number of aryl methyl sites for hydroxylation is 1. The SMILES string of the molecule is Cn1ccc(S(=O)(=O)NC2CCN(c3ccccc3/C=C/C(=O)NO)CC2)n1. The number of nitrogens with one attached hydrogen (secondary N) is 2. The number of piperidine rings is 1. The topological polar surface area (TPSA) is 117 Å². The lowest BCUT2D eigenvalue weighted by Crippen LogP contribution is -2.44. The minimum absolute atomic E-state index is 0.0232. The maximum atomic E-state index is 12.4. The quantitative estimate of drug-likeness (QED) is 0.373. The van der Waals surface area contributed by atoms with E-state index in [0.29, 0.717) is 25.9 Å². The second-order valence-corrected chi connectivity index (χ2v) is 8.24. The van der Waals surface area contributed by atoms with Crippen LogP contribution >= 0.6 is 0 Å². The van der Waals surface area contributed by atoms with Gasteiger partial charge < -0.3 is 4.90 Å². The van der Waals surface area contributed by atoms with Crippen LogP contribution in [0.3, 0.4) is 0 Å². The zero-order valence-corrected chi connectivity index (χ0v) is 16.3. The number of para-hydroxylation sites is 1. The zero-order valence-electron chi connectivity index (χ0n) is 15.4. The Morgan fingerprint density at radius 2 is 1.96 bits per heavy atom. The molecule has 1 aliphatic rings. The van der Waals surface area contributed by atoms with E-state index < -0.39 is 15.9 Å². The molecular weight excluding hydrogens is 382 g/mol. The summed E-state index contributed by atoms with van der Waals surface area (Å²) in [5.74, 6) is -0.600. The molecule has 28 heavy (non-hydrogen) atoms. The van der Waals surface area contributed by atoms with Crippen molar-refractivity contribution in [1.29, 1.82) is 0 Å². The monoisotopic (exact) mass is 405 g/mol. The van der Waals surface area contributed by atoms with Gasteiger partial charge in [-0.3, -0.25) is 14.7 Å². The van der Waals surface area contributed by atoms with Crippen molar-refractivity contribution in [3.8, 4) is 0 Å². The minimum atomic E-state index is -3.63. The van der Waals surface area contributed by atoms with Gasteiger partial charge in [0.2, 0.25) is 0 Å². The first kappa shape index (κ1) is 20.1. The van der Waals surface area contributed by atoms with E-state index in [1.165, 1.54) is 16.8 Å². The molecule has 0 atom stereocenters. The molecule has 3 rings (SSSR count). The first-order chi connectivity index (χ1) is 13.4. The van der Waals surface area contributed by atoms with Gasteiger partial charge in [-0.15, -0.1) is 0 Å². The number of benzene rings is 1. The van der Waals surface area contributed by atoms with Crippen molar-refractivity contribution in [2.75, 3.05) is 18.0 Å². The van der Waals surface area contributed by atoms with Gasteiger partial charge >= 0.3 is 0 Å². The molecule has 150 valence electrons. The summed E-state index contributed by atoms with van der Waals surface area (Å²) in [5.41, 5.74) is 3.37. The van der Waals surface area contributed by atoms with E-state index >= 15 is 0 Å². The molecule has 0 radical (unpaired) electrons. The number of hydroxylamine groups is 1. The molecule has 1 aromatic carbocycles. The maximum Gasteiger partial charge on any atom is 0.267 e. The maximum absolute atomic E-state index is 12.4. The van der Waals surface area contributed by atoms with Crippen molar-refractivity contribution in [2.45, 2.75) is 23.9 Å². The van der Waals surface area contributed by atoms with E-state index in [1.54, 1.807) is 24.8 Å². The van der Waals surface area contributed by atoms with Gasteiger partial charge in [0.25, 0.3) is 15.9 Å². The Hall–Kier alpha value is -2.69. The van der Waals surface area contributed by atoms with E-state index in [0.717, 1.165) is 11.3 Å². The van der Waals surface area contributed by atoms with E-state index in [1.807, 2.05) is 24.3 Å². The van der Waals surface area contributed by atoms with Gasteiger partial charge in [0.05, 0.1) is 0 Å². The molecule has 1 aliphatic heterocycles. The molecule has 2 aromatic rings. The lowest BCUT2D eigenvalue weighted by atomic mass is 10.0. The number of anilines is 1. The Balaban J connectivity index is 1.64. The number of hydrogen-bond acceptors (Lipinski definition) is 6. The second-order valence-electron chi connectivity index (χ2n) is 6.58. The van der Waals surface area contributed by atoms with Crippen LogP contribution in [0.4, 0.5) is 5.69 Å². The third-order valence-corrected chi connectivity index (χ3v) is 6.00. The van der Waals surface area contributed by atoms with Crippen LogP contribution in [0, 0.1) is 0 Å². The molecule has 2 heterocycles. The summed E-state index contributed by atoms with van der Waals surface area (Å²) in [6.45, 7) is 1.35.